The summed E-state index contributed by atoms with van der Waals surface area (Å²) in [6.45, 7) is 5.83. The summed E-state index contributed by atoms with van der Waals surface area (Å²) in [5.74, 6) is -0.736. The van der Waals surface area contributed by atoms with Crippen molar-refractivity contribution in [3.63, 3.8) is 0 Å². The minimum absolute atomic E-state index is 0.220. The SMILES string of the molecule is CC(C)N(CCCC(=O)O)Cc1cc(Br)c(Cl)s1. The average molecular weight is 355 g/mol. The van der Waals surface area contributed by atoms with Crippen LogP contribution in [0.5, 0.6) is 0 Å². The van der Waals surface area contributed by atoms with Crippen LogP contribution in [0.15, 0.2) is 10.5 Å². The van der Waals surface area contributed by atoms with Gasteiger partial charge in [0.25, 0.3) is 0 Å². The van der Waals surface area contributed by atoms with Gasteiger partial charge in [0.2, 0.25) is 0 Å². The summed E-state index contributed by atoms with van der Waals surface area (Å²) in [6, 6.07) is 2.41. The number of thiophene rings is 1. The molecule has 0 fully saturated rings. The van der Waals surface area contributed by atoms with Gasteiger partial charge in [0, 0.05) is 28.4 Å². The molecular formula is C12H17BrClNO2S. The molecule has 0 spiro atoms. The third-order valence-corrected chi connectivity index (χ3v) is 5.08. The van der Waals surface area contributed by atoms with Crippen LogP contribution in [0.3, 0.4) is 0 Å². The second-order valence-corrected chi connectivity index (χ2v) is 6.99. The van der Waals surface area contributed by atoms with Crippen molar-refractivity contribution in [3.05, 3.63) is 19.8 Å². The number of aliphatic carboxylic acids is 1. The zero-order valence-corrected chi connectivity index (χ0v) is 13.6. The van der Waals surface area contributed by atoms with Gasteiger partial charge in [-0.15, -0.1) is 11.3 Å². The second kappa shape index (κ2) is 7.48. The van der Waals surface area contributed by atoms with Gasteiger partial charge in [0.15, 0.2) is 0 Å². The lowest BCUT2D eigenvalue weighted by Crippen LogP contribution is -2.31. The van der Waals surface area contributed by atoms with Crippen LogP contribution >= 0.6 is 38.9 Å². The Balaban J connectivity index is 2.54. The molecule has 1 N–H and O–H groups in total. The van der Waals surface area contributed by atoms with Crippen LogP contribution < -0.4 is 0 Å². The number of nitrogens with zero attached hydrogens (tertiary/aromatic N) is 1. The van der Waals surface area contributed by atoms with Gasteiger partial charge >= 0.3 is 5.97 Å². The zero-order chi connectivity index (χ0) is 13.7. The van der Waals surface area contributed by atoms with Crippen molar-refractivity contribution in [2.24, 2.45) is 0 Å². The number of carboxylic acids is 1. The number of rotatable bonds is 7. The number of halogens is 2. The van der Waals surface area contributed by atoms with E-state index < -0.39 is 5.97 Å². The van der Waals surface area contributed by atoms with Gasteiger partial charge in [0.1, 0.15) is 4.34 Å². The van der Waals surface area contributed by atoms with E-state index in [0.29, 0.717) is 12.5 Å². The number of hydrogen-bond donors (Lipinski definition) is 1. The third kappa shape index (κ3) is 5.26. The maximum atomic E-state index is 10.5. The van der Waals surface area contributed by atoms with E-state index in [2.05, 4.69) is 34.7 Å². The minimum Gasteiger partial charge on any atom is -0.481 e. The number of carboxylic acid groups (broad SMARTS) is 1. The van der Waals surface area contributed by atoms with E-state index in [0.717, 1.165) is 21.9 Å². The smallest absolute Gasteiger partial charge is 0.303 e. The number of carbonyl (C=O) groups is 1. The van der Waals surface area contributed by atoms with E-state index in [-0.39, 0.29) is 6.42 Å². The Kier molecular flexibility index (Phi) is 6.63. The summed E-state index contributed by atoms with van der Waals surface area (Å²) in [4.78, 5) is 14.0. The molecule has 0 amide bonds. The quantitative estimate of drug-likeness (QED) is 0.796. The zero-order valence-electron chi connectivity index (χ0n) is 10.4. The molecule has 102 valence electrons. The first-order chi connectivity index (χ1) is 8.40. The van der Waals surface area contributed by atoms with Gasteiger partial charge in [-0.25, -0.2) is 0 Å². The lowest BCUT2D eigenvalue weighted by Gasteiger charge is -2.25. The highest BCUT2D eigenvalue weighted by Crippen LogP contribution is 2.32. The maximum absolute atomic E-state index is 10.5. The molecule has 0 aromatic carbocycles. The summed E-state index contributed by atoms with van der Waals surface area (Å²) < 4.78 is 1.69. The highest BCUT2D eigenvalue weighted by atomic mass is 79.9. The Labute approximate surface area is 125 Å². The van der Waals surface area contributed by atoms with Crippen LogP contribution in [0, 0.1) is 0 Å². The van der Waals surface area contributed by atoms with Crippen LogP contribution in [0.4, 0.5) is 0 Å². The van der Waals surface area contributed by atoms with Crippen LogP contribution in [0.25, 0.3) is 0 Å². The van der Waals surface area contributed by atoms with Gasteiger partial charge in [-0.05, 0) is 48.8 Å². The van der Waals surface area contributed by atoms with Gasteiger partial charge in [0.05, 0.1) is 0 Å². The number of hydrogen-bond acceptors (Lipinski definition) is 3. The summed E-state index contributed by atoms with van der Waals surface area (Å²) in [5.41, 5.74) is 0. The normalized spacial score (nSPS) is 11.4. The van der Waals surface area contributed by atoms with Gasteiger partial charge in [-0.3, -0.25) is 9.69 Å². The lowest BCUT2D eigenvalue weighted by molar-refractivity contribution is -0.137. The Morgan fingerprint density at radius 2 is 2.28 bits per heavy atom. The molecule has 18 heavy (non-hydrogen) atoms. The molecule has 0 aliphatic carbocycles. The van der Waals surface area contributed by atoms with E-state index in [4.69, 9.17) is 16.7 Å². The predicted octanol–water partition coefficient (Wildman–Crippen LogP) is 4.24. The fourth-order valence-electron chi connectivity index (χ4n) is 1.62. The second-order valence-electron chi connectivity index (χ2n) is 4.40. The first-order valence-electron chi connectivity index (χ1n) is 5.79. The molecule has 0 radical (unpaired) electrons. The predicted molar refractivity (Wildman–Crippen MR) is 79.4 cm³/mol. The molecule has 0 aliphatic heterocycles. The van der Waals surface area contributed by atoms with E-state index in [1.807, 2.05) is 6.07 Å². The molecule has 0 saturated heterocycles. The van der Waals surface area contributed by atoms with Crippen molar-refractivity contribution in [1.29, 1.82) is 0 Å². The minimum atomic E-state index is -0.736. The fourth-order valence-corrected chi connectivity index (χ4v) is 3.44. The largest absolute Gasteiger partial charge is 0.481 e. The molecule has 0 aliphatic rings. The monoisotopic (exact) mass is 353 g/mol. The van der Waals surface area contributed by atoms with Crippen LogP contribution in [0.1, 0.15) is 31.6 Å². The van der Waals surface area contributed by atoms with Crippen LogP contribution in [0.2, 0.25) is 4.34 Å². The van der Waals surface area contributed by atoms with Crippen molar-refractivity contribution < 1.29 is 9.90 Å². The first kappa shape index (κ1) is 16.0. The Bertz CT molecular complexity index is 389. The molecule has 3 nitrogen and oxygen atoms in total. The van der Waals surface area contributed by atoms with E-state index in [9.17, 15) is 4.79 Å². The van der Waals surface area contributed by atoms with E-state index >= 15 is 0 Å². The summed E-state index contributed by atoms with van der Waals surface area (Å²) in [7, 11) is 0. The van der Waals surface area contributed by atoms with Gasteiger partial charge < -0.3 is 5.11 Å². The van der Waals surface area contributed by atoms with Crippen molar-refractivity contribution in [3.8, 4) is 0 Å². The van der Waals surface area contributed by atoms with Crippen LogP contribution in [-0.2, 0) is 11.3 Å². The van der Waals surface area contributed by atoms with E-state index in [1.54, 1.807) is 11.3 Å². The van der Waals surface area contributed by atoms with E-state index in [1.165, 1.54) is 4.88 Å². The maximum Gasteiger partial charge on any atom is 0.303 e. The molecule has 0 bridgehead atoms. The molecule has 1 heterocycles. The molecule has 6 heteroatoms. The molecule has 0 unspecified atom stereocenters. The lowest BCUT2D eigenvalue weighted by atomic mass is 10.2. The van der Waals surface area contributed by atoms with Gasteiger partial charge in [-0.2, -0.15) is 0 Å². The third-order valence-electron chi connectivity index (χ3n) is 2.62. The molecular weight excluding hydrogens is 338 g/mol. The highest BCUT2D eigenvalue weighted by Gasteiger charge is 2.13. The summed E-state index contributed by atoms with van der Waals surface area (Å²) in [6.07, 6.45) is 0.895. The van der Waals surface area contributed by atoms with Crippen molar-refractivity contribution >= 4 is 44.8 Å². The van der Waals surface area contributed by atoms with Crippen molar-refractivity contribution in [2.75, 3.05) is 6.54 Å². The topological polar surface area (TPSA) is 40.5 Å². The Hall–Kier alpha value is -0.100. The highest BCUT2D eigenvalue weighted by molar-refractivity contribution is 9.10. The average Bonchev–Trinajstić information content (AvgIpc) is 2.56. The Morgan fingerprint density at radius 3 is 2.72 bits per heavy atom. The fraction of sp³-hybridized carbons (Fsp3) is 0.583. The standard InChI is InChI=1S/C12H17BrClNO2S/c1-8(2)15(5-3-4-11(16)17)7-9-6-10(13)12(14)18-9/h6,8H,3-5,7H2,1-2H3,(H,16,17). The summed E-state index contributed by atoms with van der Waals surface area (Å²) >= 11 is 11.0. The van der Waals surface area contributed by atoms with Crippen LogP contribution in [-0.4, -0.2) is 28.6 Å². The van der Waals surface area contributed by atoms with Crippen molar-refractivity contribution in [1.82, 2.24) is 4.90 Å². The first-order valence-corrected chi connectivity index (χ1v) is 7.78. The van der Waals surface area contributed by atoms with Crippen molar-refractivity contribution in [2.45, 2.75) is 39.3 Å². The molecule has 0 saturated carbocycles. The molecule has 1 rings (SSSR count). The van der Waals surface area contributed by atoms with Gasteiger partial charge in [-0.1, -0.05) is 11.6 Å². The molecule has 1 aromatic rings. The molecule has 0 atom stereocenters. The molecule has 1 aromatic heterocycles. The summed E-state index contributed by atoms with van der Waals surface area (Å²) in [5, 5.41) is 8.65. The Morgan fingerprint density at radius 1 is 1.61 bits per heavy atom.